The molecule has 2 heterocycles. The number of carbonyl (C=O) groups excluding carboxylic acids is 2. The molecule has 1 aliphatic carbocycles. The molecule has 1 saturated carbocycles. The average molecular weight is 644 g/mol. The summed E-state index contributed by atoms with van der Waals surface area (Å²) in [5.74, 6) is -0.399. The number of ether oxygens (including phenoxy) is 1. The molecule has 0 aromatic heterocycles. The largest absolute Gasteiger partial charge is 0.469 e. The number of urea groups is 1. The highest BCUT2D eigenvalue weighted by Crippen LogP contribution is 2.58. The SMILES string of the molecule is COC(=O)C12CC1CCN([C@@H]1CCN(C(=O)N(C)[C@H](C)c3cc(C(F)(F)F)cc(C(F)(F)F)c3)[C@@H](c3ccc(F)cc3C)C1)C2. The van der Waals surface area contributed by atoms with Crippen molar-refractivity contribution >= 4 is 12.0 Å². The van der Waals surface area contributed by atoms with E-state index in [2.05, 4.69) is 4.90 Å². The molecule has 3 aliphatic rings. The van der Waals surface area contributed by atoms with Crippen molar-refractivity contribution in [3.63, 3.8) is 0 Å². The van der Waals surface area contributed by atoms with Crippen LogP contribution in [-0.2, 0) is 21.9 Å². The Balaban J connectivity index is 1.43. The Morgan fingerprint density at radius 1 is 1.00 bits per heavy atom. The number of alkyl halides is 6. The van der Waals surface area contributed by atoms with Crippen molar-refractivity contribution in [2.24, 2.45) is 11.3 Å². The molecule has 0 spiro atoms. The van der Waals surface area contributed by atoms with Gasteiger partial charge in [0.2, 0.25) is 0 Å². The Bertz CT molecular complexity index is 1430. The molecule has 3 fully saturated rings. The Morgan fingerprint density at radius 3 is 2.22 bits per heavy atom. The molecule has 45 heavy (non-hydrogen) atoms. The molecule has 5 atom stereocenters. The molecular formula is C32H36F7N3O3. The normalized spacial score (nSPS) is 26.2. The summed E-state index contributed by atoms with van der Waals surface area (Å²) in [6.45, 7) is 4.64. The van der Waals surface area contributed by atoms with Crippen LogP contribution in [0.2, 0.25) is 0 Å². The van der Waals surface area contributed by atoms with Gasteiger partial charge in [-0.3, -0.25) is 9.69 Å². The number of amides is 2. The number of halogens is 7. The van der Waals surface area contributed by atoms with E-state index in [-0.39, 0.29) is 36.1 Å². The molecule has 2 unspecified atom stereocenters. The van der Waals surface area contributed by atoms with Gasteiger partial charge in [0.05, 0.1) is 35.7 Å². The first-order valence-corrected chi connectivity index (χ1v) is 14.9. The summed E-state index contributed by atoms with van der Waals surface area (Å²) in [5.41, 5.74) is -2.45. The third-order valence-electron chi connectivity index (χ3n) is 9.98. The van der Waals surface area contributed by atoms with Crippen molar-refractivity contribution in [1.82, 2.24) is 14.7 Å². The number of hydrogen-bond acceptors (Lipinski definition) is 4. The highest BCUT2D eigenvalue weighted by atomic mass is 19.4. The lowest BCUT2D eigenvalue weighted by Crippen LogP contribution is -2.54. The van der Waals surface area contributed by atoms with Crippen LogP contribution < -0.4 is 0 Å². The topological polar surface area (TPSA) is 53.1 Å². The van der Waals surface area contributed by atoms with Crippen LogP contribution in [0.5, 0.6) is 0 Å². The molecule has 2 aromatic rings. The Morgan fingerprint density at radius 2 is 1.64 bits per heavy atom. The van der Waals surface area contributed by atoms with Crippen molar-refractivity contribution < 1.29 is 45.1 Å². The van der Waals surface area contributed by atoms with E-state index in [4.69, 9.17) is 4.74 Å². The van der Waals surface area contributed by atoms with Crippen LogP contribution in [0.1, 0.15) is 72.5 Å². The zero-order valence-corrected chi connectivity index (χ0v) is 25.4. The Labute approximate surface area is 257 Å². The first-order chi connectivity index (χ1) is 21.0. The van der Waals surface area contributed by atoms with Gasteiger partial charge in [-0.15, -0.1) is 0 Å². The molecule has 2 aliphatic heterocycles. The standard InChI is InChI=1S/C32H36F7N3O3/c1-18-11-24(33)5-6-26(18)27-15-25(41-9-7-21-16-30(21,17-41)28(43)45-4)8-10-42(27)29(44)40(3)19(2)20-12-22(31(34,35)36)14-23(13-20)32(37,38)39/h5-6,11-14,19,21,25,27H,7-10,15-17H2,1-4H3/t19-,21?,25-,27-,30?/m1/s1. The van der Waals surface area contributed by atoms with Gasteiger partial charge in [0, 0.05) is 26.2 Å². The molecule has 2 aromatic carbocycles. The van der Waals surface area contributed by atoms with Gasteiger partial charge in [0.25, 0.3) is 0 Å². The van der Waals surface area contributed by atoms with E-state index in [0.29, 0.717) is 42.6 Å². The Kier molecular flexibility index (Phi) is 8.65. The summed E-state index contributed by atoms with van der Waals surface area (Å²) in [6, 6.07) is 3.30. The molecule has 6 nitrogen and oxygen atoms in total. The molecule has 246 valence electrons. The number of rotatable bonds is 5. The van der Waals surface area contributed by atoms with E-state index >= 15 is 0 Å². The third kappa shape index (κ3) is 6.37. The fourth-order valence-electron chi connectivity index (χ4n) is 7.17. The van der Waals surface area contributed by atoms with E-state index < -0.39 is 52.8 Å². The number of carbonyl (C=O) groups is 2. The fourth-order valence-corrected chi connectivity index (χ4v) is 7.17. The van der Waals surface area contributed by atoms with Crippen molar-refractivity contribution in [2.75, 3.05) is 33.8 Å². The first-order valence-electron chi connectivity index (χ1n) is 14.9. The zero-order chi connectivity index (χ0) is 33.1. The second-order valence-electron chi connectivity index (χ2n) is 12.6. The van der Waals surface area contributed by atoms with Gasteiger partial charge in [-0.1, -0.05) is 6.07 Å². The van der Waals surface area contributed by atoms with Crippen LogP contribution in [0.4, 0.5) is 35.5 Å². The van der Waals surface area contributed by atoms with Crippen LogP contribution in [0.3, 0.4) is 0 Å². The van der Waals surface area contributed by atoms with Gasteiger partial charge in [0.15, 0.2) is 0 Å². The summed E-state index contributed by atoms with van der Waals surface area (Å²) < 4.78 is 100. The number of esters is 1. The third-order valence-corrected chi connectivity index (χ3v) is 9.98. The van der Waals surface area contributed by atoms with Crippen molar-refractivity contribution in [3.8, 4) is 0 Å². The number of hydrogen-bond donors (Lipinski definition) is 0. The van der Waals surface area contributed by atoms with Gasteiger partial charge in [-0.2, -0.15) is 26.3 Å². The molecule has 2 amide bonds. The summed E-state index contributed by atoms with van der Waals surface area (Å²) in [4.78, 5) is 31.6. The number of methoxy groups -OCH3 is 1. The fraction of sp³-hybridized carbons (Fsp3) is 0.562. The van der Waals surface area contributed by atoms with Crippen LogP contribution >= 0.6 is 0 Å². The monoisotopic (exact) mass is 643 g/mol. The first kappa shape index (κ1) is 33.0. The minimum atomic E-state index is -5.02. The second-order valence-corrected chi connectivity index (χ2v) is 12.6. The highest BCUT2D eigenvalue weighted by molar-refractivity contribution is 5.81. The molecule has 13 heteroatoms. The predicted molar refractivity (Wildman–Crippen MR) is 150 cm³/mol. The van der Waals surface area contributed by atoms with E-state index in [1.54, 1.807) is 17.9 Å². The van der Waals surface area contributed by atoms with Crippen molar-refractivity contribution in [3.05, 3.63) is 70.0 Å². The summed E-state index contributed by atoms with van der Waals surface area (Å²) in [6.07, 6.45) is -7.45. The van der Waals surface area contributed by atoms with E-state index in [1.165, 1.54) is 33.2 Å². The number of likely N-dealkylation sites (tertiary alicyclic amines) is 2. The van der Waals surface area contributed by atoms with E-state index in [0.717, 1.165) is 24.3 Å². The van der Waals surface area contributed by atoms with Crippen molar-refractivity contribution in [2.45, 2.75) is 70.0 Å². The van der Waals surface area contributed by atoms with Gasteiger partial charge < -0.3 is 14.5 Å². The molecule has 0 bridgehead atoms. The lowest BCUT2D eigenvalue weighted by Gasteiger charge is -2.47. The van der Waals surface area contributed by atoms with Crippen molar-refractivity contribution in [1.29, 1.82) is 0 Å². The van der Waals surface area contributed by atoms with Crippen LogP contribution in [0, 0.1) is 24.1 Å². The minimum absolute atomic E-state index is 0.0212. The second kappa shape index (κ2) is 11.8. The van der Waals surface area contributed by atoms with Gasteiger partial charge >= 0.3 is 24.4 Å². The maximum absolute atomic E-state index is 14.1. The van der Waals surface area contributed by atoms with Gasteiger partial charge in [-0.05, 0) is 99.0 Å². The Hall–Kier alpha value is -3.35. The summed E-state index contributed by atoms with van der Waals surface area (Å²) in [5, 5.41) is 0. The summed E-state index contributed by atoms with van der Waals surface area (Å²) in [7, 11) is 2.73. The highest BCUT2D eigenvalue weighted by Gasteiger charge is 2.63. The molecule has 5 rings (SSSR count). The zero-order valence-electron chi connectivity index (χ0n) is 25.4. The van der Waals surface area contributed by atoms with Gasteiger partial charge in [-0.25, -0.2) is 9.18 Å². The maximum atomic E-state index is 14.1. The smallest absolute Gasteiger partial charge is 0.416 e. The quantitative estimate of drug-likeness (QED) is 0.252. The predicted octanol–water partition coefficient (Wildman–Crippen LogP) is 7.38. The molecular weight excluding hydrogens is 607 g/mol. The maximum Gasteiger partial charge on any atom is 0.416 e. The van der Waals surface area contributed by atoms with E-state index in [9.17, 15) is 40.3 Å². The van der Waals surface area contributed by atoms with Crippen LogP contribution in [-0.4, -0.2) is 66.5 Å². The number of piperidine rings is 2. The van der Waals surface area contributed by atoms with Crippen LogP contribution in [0.15, 0.2) is 36.4 Å². The molecule has 0 radical (unpaired) electrons. The van der Waals surface area contributed by atoms with Gasteiger partial charge in [0.1, 0.15) is 5.82 Å². The number of nitrogens with zero attached hydrogens (tertiary/aromatic N) is 3. The number of fused-ring (bicyclic) bond motifs is 1. The lowest BCUT2D eigenvalue weighted by molar-refractivity contribution is -0.150. The van der Waals surface area contributed by atoms with Crippen LogP contribution in [0.25, 0.3) is 0 Å². The summed E-state index contributed by atoms with van der Waals surface area (Å²) >= 11 is 0. The lowest BCUT2D eigenvalue weighted by atomic mass is 9.86. The number of aryl methyl sites for hydroxylation is 1. The van der Waals surface area contributed by atoms with E-state index in [1.807, 2.05) is 0 Å². The molecule has 2 saturated heterocycles. The molecule has 0 N–H and O–H groups in total. The average Bonchev–Trinajstić information content (AvgIpc) is 3.73. The minimum Gasteiger partial charge on any atom is -0.469 e. The number of benzene rings is 2.